The quantitative estimate of drug-likeness (QED) is 0.394. The van der Waals surface area contributed by atoms with Crippen molar-refractivity contribution in [3.63, 3.8) is 0 Å². The average Bonchev–Trinajstić information content (AvgIpc) is 3.01. The number of halogens is 1. The third kappa shape index (κ3) is 4.26. The van der Waals surface area contributed by atoms with Crippen molar-refractivity contribution in [1.29, 1.82) is 0 Å². The first-order valence-corrected chi connectivity index (χ1v) is 10.7. The lowest BCUT2D eigenvalue weighted by molar-refractivity contribution is -0.122. The van der Waals surface area contributed by atoms with Gasteiger partial charge in [-0.2, -0.15) is 0 Å². The van der Waals surface area contributed by atoms with Crippen molar-refractivity contribution < 1.29 is 23.9 Å². The first kappa shape index (κ1) is 21.2. The van der Waals surface area contributed by atoms with Gasteiger partial charge in [0.05, 0.1) is 23.1 Å². The van der Waals surface area contributed by atoms with Crippen LogP contribution in [0.25, 0.3) is 0 Å². The van der Waals surface area contributed by atoms with Crippen LogP contribution in [0, 0.1) is 17.8 Å². The first-order valence-electron chi connectivity index (χ1n) is 10.3. The molecule has 0 bridgehead atoms. The Balaban J connectivity index is 1.46. The SMILES string of the molecule is C[C@H]1CC[C@H]2C(=O)N(c3cccc(C(=O)OCC(=O)c4ccc(Cl)cc4)c3)C(=O)[C@@H]2C1. The Morgan fingerprint density at radius 2 is 1.71 bits per heavy atom. The molecule has 1 aliphatic heterocycles. The van der Waals surface area contributed by atoms with Crippen LogP contribution in [-0.4, -0.2) is 30.2 Å². The second-order valence-corrected chi connectivity index (χ2v) is 8.64. The highest BCUT2D eigenvalue weighted by Gasteiger charge is 2.50. The van der Waals surface area contributed by atoms with E-state index in [1.807, 2.05) is 0 Å². The van der Waals surface area contributed by atoms with Gasteiger partial charge in [0, 0.05) is 10.6 Å². The maximum absolute atomic E-state index is 12.9. The van der Waals surface area contributed by atoms with Gasteiger partial charge >= 0.3 is 5.97 Å². The van der Waals surface area contributed by atoms with Crippen LogP contribution in [0.4, 0.5) is 5.69 Å². The third-order valence-corrected chi connectivity index (χ3v) is 6.28. The molecule has 1 heterocycles. The van der Waals surface area contributed by atoms with E-state index >= 15 is 0 Å². The van der Waals surface area contributed by atoms with Crippen molar-refractivity contribution >= 4 is 40.9 Å². The van der Waals surface area contributed by atoms with Crippen LogP contribution in [-0.2, 0) is 14.3 Å². The standard InChI is InChI=1S/C24H22ClNO5/c1-14-5-10-19-20(11-14)23(29)26(22(19)28)18-4-2-3-16(12-18)24(30)31-13-21(27)15-6-8-17(25)9-7-15/h2-4,6-9,12,14,19-20H,5,10-11,13H2,1H3/t14-,19+,20+/m0/s1. The number of esters is 1. The molecule has 0 unspecified atom stereocenters. The zero-order valence-electron chi connectivity index (χ0n) is 17.0. The van der Waals surface area contributed by atoms with Crippen LogP contribution in [0.1, 0.15) is 46.9 Å². The number of carbonyl (C=O) groups excluding carboxylic acids is 4. The fourth-order valence-electron chi connectivity index (χ4n) is 4.35. The molecule has 2 aliphatic rings. The lowest BCUT2D eigenvalue weighted by Crippen LogP contribution is -2.31. The first-order chi connectivity index (χ1) is 14.8. The molecule has 0 spiro atoms. The molecule has 0 aromatic heterocycles. The normalized spacial score (nSPS) is 22.9. The molecular formula is C24H22ClNO5. The molecule has 1 aliphatic carbocycles. The number of benzene rings is 2. The fourth-order valence-corrected chi connectivity index (χ4v) is 4.48. The Labute approximate surface area is 185 Å². The molecular weight excluding hydrogens is 418 g/mol. The number of amides is 2. The number of rotatable bonds is 5. The minimum absolute atomic E-state index is 0.172. The van der Waals surface area contributed by atoms with Gasteiger partial charge in [0.2, 0.25) is 11.8 Å². The highest BCUT2D eigenvalue weighted by molar-refractivity contribution is 6.30. The number of Topliss-reactive ketones (excluding diaryl/α,β-unsaturated/α-hetero) is 1. The van der Waals surface area contributed by atoms with Crippen LogP contribution in [0.3, 0.4) is 0 Å². The number of ether oxygens (including phenoxy) is 1. The Hall–Kier alpha value is -2.99. The molecule has 160 valence electrons. The molecule has 1 saturated carbocycles. The van der Waals surface area contributed by atoms with Crippen molar-refractivity contribution in [1.82, 2.24) is 0 Å². The summed E-state index contributed by atoms with van der Waals surface area (Å²) >= 11 is 5.81. The van der Waals surface area contributed by atoms with Gasteiger partial charge in [-0.1, -0.05) is 24.6 Å². The summed E-state index contributed by atoms with van der Waals surface area (Å²) in [5, 5.41) is 0.505. The molecule has 7 heteroatoms. The number of nitrogens with zero attached hydrogens (tertiary/aromatic N) is 1. The highest BCUT2D eigenvalue weighted by Crippen LogP contribution is 2.42. The Kier molecular flexibility index (Phi) is 5.92. The Morgan fingerprint density at radius 3 is 2.45 bits per heavy atom. The minimum atomic E-state index is -0.700. The molecule has 0 radical (unpaired) electrons. The zero-order chi connectivity index (χ0) is 22.1. The highest BCUT2D eigenvalue weighted by atomic mass is 35.5. The Morgan fingerprint density at radius 1 is 1.00 bits per heavy atom. The molecule has 1 saturated heterocycles. The van der Waals surface area contributed by atoms with Crippen LogP contribution < -0.4 is 4.90 Å². The van der Waals surface area contributed by atoms with Gasteiger partial charge in [0.25, 0.3) is 0 Å². The zero-order valence-corrected chi connectivity index (χ0v) is 17.8. The Bertz CT molecular complexity index is 1050. The van der Waals surface area contributed by atoms with Gasteiger partial charge in [0.15, 0.2) is 12.4 Å². The second-order valence-electron chi connectivity index (χ2n) is 8.20. The smallest absolute Gasteiger partial charge is 0.338 e. The molecule has 2 aromatic carbocycles. The number of carbonyl (C=O) groups is 4. The van der Waals surface area contributed by atoms with E-state index in [9.17, 15) is 19.2 Å². The largest absolute Gasteiger partial charge is 0.454 e. The van der Waals surface area contributed by atoms with Crippen LogP contribution in [0.5, 0.6) is 0 Å². The van der Waals surface area contributed by atoms with Gasteiger partial charge in [-0.15, -0.1) is 0 Å². The maximum Gasteiger partial charge on any atom is 0.338 e. The average molecular weight is 440 g/mol. The van der Waals surface area contributed by atoms with E-state index in [2.05, 4.69) is 6.92 Å². The minimum Gasteiger partial charge on any atom is -0.454 e. The van der Waals surface area contributed by atoms with Gasteiger partial charge in [-0.05, 0) is 67.6 Å². The monoisotopic (exact) mass is 439 g/mol. The van der Waals surface area contributed by atoms with E-state index in [1.165, 1.54) is 17.0 Å². The fraction of sp³-hybridized carbons (Fsp3) is 0.333. The molecule has 2 fully saturated rings. The van der Waals surface area contributed by atoms with Gasteiger partial charge in [-0.25, -0.2) is 4.79 Å². The molecule has 31 heavy (non-hydrogen) atoms. The summed E-state index contributed by atoms with van der Waals surface area (Å²) in [4.78, 5) is 51.7. The number of fused-ring (bicyclic) bond motifs is 1. The maximum atomic E-state index is 12.9. The molecule has 3 atom stereocenters. The third-order valence-electron chi connectivity index (χ3n) is 6.03. The summed E-state index contributed by atoms with van der Waals surface area (Å²) in [6.45, 7) is 1.67. The molecule has 4 rings (SSSR count). The number of imide groups is 1. The predicted octanol–water partition coefficient (Wildman–Crippen LogP) is 4.31. The van der Waals surface area contributed by atoms with E-state index in [0.717, 1.165) is 6.42 Å². The molecule has 6 nitrogen and oxygen atoms in total. The summed E-state index contributed by atoms with van der Waals surface area (Å²) in [6.07, 6.45) is 2.35. The van der Waals surface area contributed by atoms with Crippen molar-refractivity contribution in [2.45, 2.75) is 26.2 Å². The lowest BCUT2D eigenvalue weighted by atomic mass is 9.76. The summed E-state index contributed by atoms with van der Waals surface area (Å²) in [7, 11) is 0. The van der Waals surface area contributed by atoms with Gasteiger partial charge < -0.3 is 4.74 Å². The van der Waals surface area contributed by atoms with E-state index in [-0.39, 0.29) is 35.0 Å². The van der Waals surface area contributed by atoms with Crippen LogP contribution >= 0.6 is 11.6 Å². The van der Waals surface area contributed by atoms with Gasteiger partial charge in [0.1, 0.15) is 0 Å². The van der Waals surface area contributed by atoms with E-state index < -0.39 is 12.6 Å². The van der Waals surface area contributed by atoms with Crippen molar-refractivity contribution in [2.75, 3.05) is 11.5 Å². The van der Waals surface area contributed by atoms with Gasteiger partial charge in [-0.3, -0.25) is 19.3 Å². The molecule has 2 aromatic rings. The number of ketones is 1. The second kappa shape index (κ2) is 8.63. The van der Waals surface area contributed by atoms with E-state index in [4.69, 9.17) is 16.3 Å². The number of anilines is 1. The topological polar surface area (TPSA) is 80.8 Å². The van der Waals surface area contributed by atoms with Crippen molar-refractivity contribution in [3.8, 4) is 0 Å². The molecule has 0 N–H and O–H groups in total. The number of hydrogen-bond donors (Lipinski definition) is 0. The molecule has 2 amide bonds. The van der Waals surface area contributed by atoms with Crippen LogP contribution in [0.15, 0.2) is 48.5 Å². The lowest BCUT2D eigenvalue weighted by Gasteiger charge is -2.25. The predicted molar refractivity (Wildman–Crippen MR) is 115 cm³/mol. The van der Waals surface area contributed by atoms with E-state index in [0.29, 0.717) is 35.0 Å². The summed E-state index contributed by atoms with van der Waals surface area (Å²) < 4.78 is 5.14. The van der Waals surface area contributed by atoms with E-state index in [1.54, 1.807) is 36.4 Å². The van der Waals surface area contributed by atoms with Crippen molar-refractivity contribution in [2.24, 2.45) is 17.8 Å². The summed E-state index contributed by atoms with van der Waals surface area (Å²) in [5.74, 6) is -1.62. The number of hydrogen-bond acceptors (Lipinski definition) is 5. The van der Waals surface area contributed by atoms with Crippen LogP contribution in [0.2, 0.25) is 5.02 Å². The summed E-state index contributed by atoms with van der Waals surface area (Å²) in [6, 6.07) is 12.5. The van der Waals surface area contributed by atoms with Crippen molar-refractivity contribution in [3.05, 3.63) is 64.7 Å². The summed E-state index contributed by atoms with van der Waals surface area (Å²) in [5.41, 5.74) is 0.914.